The Morgan fingerprint density at radius 3 is 2.76 bits per heavy atom. The SMILES string of the molecule is Cc1cc(N)nc(SCC(=O)Nc2ccc(I)cc2C)n1. The highest BCUT2D eigenvalue weighted by molar-refractivity contribution is 14.1. The second kappa shape index (κ2) is 7.08. The summed E-state index contributed by atoms with van der Waals surface area (Å²) in [5, 5.41) is 3.40. The molecule has 0 fully saturated rings. The van der Waals surface area contributed by atoms with Gasteiger partial charge in [-0.3, -0.25) is 4.79 Å². The number of nitrogens with two attached hydrogens (primary N) is 1. The van der Waals surface area contributed by atoms with Crippen molar-refractivity contribution in [2.24, 2.45) is 0 Å². The number of thioether (sulfide) groups is 1. The number of anilines is 2. The predicted molar refractivity (Wildman–Crippen MR) is 94.4 cm³/mol. The molecule has 0 unspecified atom stereocenters. The average molecular weight is 414 g/mol. The third-order valence-electron chi connectivity index (χ3n) is 2.65. The van der Waals surface area contributed by atoms with Gasteiger partial charge in [-0.25, -0.2) is 9.97 Å². The summed E-state index contributed by atoms with van der Waals surface area (Å²) >= 11 is 3.51. The van der Waals surface area contributed by atoms with Crippen molar-refractivity contribution in [2.45, 2.75) is 19.0 Å². The summed E-state index contributed by atoms with van der Waals surface area (Å²) in [5.41, 5.74) is 8.31. The molecule has 110 valence electrons. The quantitative estimate of drug-likeness (QED) is 0.457. The molecule has 0 radical (unpaired) electrons. The van der Waals surface area contributed by atoms with Gasteiger partial charge in [0.05, 0.1) is 5.75 Å². The van der Waals surface area contributed by atoms with E-state index in [1.165, 1.54) is 11.8 Å². The topological polar surface area (TPSA) is 80.9 Å². The first kappa shape index (κ1) is 16.0. The molecule has 0 saturated carbocycles. The fourth-order valence-electron chi connectivity index (χ4n) is 1.71. The molecule has 0 aliphatic heterocycles. The summed E-state index contributed by atoms with van der Waals surface area (Å²) in [4.78, 5) is 20.3. The number of carbonyl (C=O) groups excluding carboxylic acids is 1. The Bertz CT molecular complexity index is 658. The van der Waals surface area contributed by atoms with E-state index in [-0.39, 0.29) is 11.7 Å². The van der Waals surface area contributed by atoms with Crippen molar-refractivity contribution in [3.63, 3.8) is 0 Å². The largest absolute Gasteiger partial charge is 0.384 e. The van der Waals surface area contributed by atoms with Gasteiger partial charge < -0.3 is 11.1 Å². The first-order chi connectivity index (χ1) is 9.94. The van der Waals surface area contributed by atoms with Crippen molar-refractivity contribution >= 4 is 51.8 Å². The highest BCUT2D eigenvalue weighted by atomic mass is 127. The van der Waals surface area contributed by atoms with Gasteiger partial charge in [0.1, 0.15) is 5.82 Å². The van der Waals surface area contributed by atoms with Crippen molar-refractivity contribution in [1.82, 2.24) is 9.97 Å². The van der Waals surface area contributed by atoms with Gasteiger partial charge in [0.15, 0.2) is 5.16 Å². The molecular formula is C14H15IN4OS. The minimum atomic E-state index is -0.0898. The van der Waals surface area contributed by atoms with E-state index in [1.54, 1.807) is 6.07 Å². The van der Waals surface area contributed by atoms with Gasteiger partial charge >= 0.3 is 0 Å². The Morgan fingerprint density at radius 1 is 1.33 bits per heavy atom. The molecule has 5 nitrogen and oxygen atoms in total. The summed E-state index contributed by atoms with van der Waals surface area (Å²) in [6.07, 6.45) is 0. The molecule has 0 aliphatic rings. The van der Waals surface area contributed by atoms with Crippen LogP contribution < -0.4 is 11.1 Å². The Morgan fingerprint density at radius 2 is 2.10 bits per heavy atom. The Kier molecular flexibility index (Phi) is 5.40. The van der Waals surface area contributed by atoms with Crippen LogP contribution in [0.3, 0.4) is 0 Å². The van der Waals surface area contributed by atoms with E-state index < -0.39 is 0 Å². The lowest BCUT2D eigenvalue weighted by Crippen LogP contribution is -2.15. The highest BCUT2D eigenvalue weighted by Gasteiger charge is 2.08. The maximum atomic E-state index is 12.0. The first-order valence-electron chi connectivity index (χ1n) is 6.24. The van der Waals surface area contributed by atoms with Gasteiger partial charge in [0.2, 0.25) is 5.91 Å². The fraction of sp³-hybridized carbons (Fsp3) is 0.214. The molecule has 0 saturated heterocycles. The van der Waals surface area contributed by atoms with E-state index in [2.05, 4.69) is 37.9 Å². The summed E-state index contributed by atoms with van der Waals surface area (Å²) in [6.45, 7) is 3.81. The van der Waals surface area contributed by atoms with Gasteiger partial charge in [-0.05, 0) is 60.2 Å². The van der Waals surface area contributed by atoms with Crippen LogP contribution in [-0.4, -0.2) is 21.6 Å². The van der Waals surface area contributed by atoms with Crippen molar-refractivity contribution in [3.05, 3.63) is 39.1 Å². The number of nitrogen functional groups attached to an aromatic ring is 1. The smallest absolute Gasteiger partial charge is 0.234 e. The minimum absolute atomic E-state index is 0.0898. The Hall–Kier alpha value is -1.35. The number of aromatic nitrogens is 2. The monoisotopic (exact) mass is 414 g/mol. The van der Waals surface area contributed by atoms with Crippen LogP contribution in [0.5, 0.6) is 0 Å². The Balaban J connectivity index is 1.95. The number of aryl methyl sites for hydroxylation is 2. The summed E-state index contributed by atoms with van der Waals surface area (Å²) in [7, 11) is 0. The van der Waals surface area contributed by atoms with Crippen LogP contribution in [0.2, 0.25) is 0 Å². The third-order valence-corrected chi connectivity index (χ3v) is 4.17. The first-order valence-corrected chi connectivity index (χ1v) is 8.30. The number of nitrogens with one attached hydrogen (secondary N) is 1. The molecule has 3 N–H and O–H groups in total. The number of carbonyl (C=O) groups is 1. The van der Waals surface area contributed by atoms with Gasteiger partial charge in [0.25, 0.3) is 0 Å². The van der Waals surface area contributed by atoms with E-state index >= 15 is 0 Å². The summed E-state index contributed by atoms with van der Waals surface area (Å²) < 4.78 is 1.14. The summed E-state index contributed by atoms with van der Waals surface area (Å²) in [5.74, 6) is 0.570. The second-order valence-electron chi connectivity index (χ2n) is 4.51. The van der Waals surface area contributed by atoms with Crippen molar-refractivity contribution < 1.29 is 4.79 Å². The maximum Gasteiger partial charge on any atom is 0.234 e. The van der Waals surface area contributed by atoms with E-state index in [0.29, 0.717) is 11.0 Å². The van der Waals surface area contributed by atoms with Crippen molar-refractivity contribution in [1.29, 1.82) is 0 Å². The highest BCUT2D eigenvalue weighted by Crippen LogP contribution is 2.19. The second-order valence-corrected chi connectivity index (χ2v) is 6.70. The zero-order valence-electron chi connectivity index (χ0n) is 11.7. The van der Waals surface area contributed by atoms with Crippen molar-refractivity contribution in [3.8, 4) is 0 Å². The van der Waals surface area contributed by atoms with E-state index in [4.69, 9.17) is 5.73 Å². The molecular weight excluding hydrogens is 399 g/mol. The number of hydrogen-bond donors (Lipinski definition) is 2. The number of rotatable bonds is 4. The lowest BCUT2D eigenvalue weighted by atomic mass is 10.2. The number of nitrogens with zero attached hydrogens (tertiary/aromatic N) is 2. The van der Waals surface area contributed by atoms with Crippen LogP contribution in [0.25, 0.3) is 0 Å². The molecule has 0 bridgehead atoms. The lowest BCUT2D eigenvalue weighted by Gasteiger charge is -2.08. The third kappa shape index (κ3) is 4.85. The number of benzene rings is 1. The van der Waals surface area contributed by atoms with E-state index in [1.807, 2.05) is 32.0 Å². The number of hydrogen-bond acceptors (Lipinski definition) is 5. The van der Waals surface area contributed by atoms with Gasteiger partial charge in [-0.15, -0.1) is 0 Å². The van der Waals surface area contributed by atoms with Gasteiger partial charge in [-0.1, -0.05) is 11.8 Å². The van der Waals surface area contributed by atoms with Gasteiger partial charge in [-0.2, -0.15) is 0 Å². The molecule has 2 aromatic rings. The van der Waals surface area contributed by atoms with Crippen LogP contribution in [0.15, 0.2) is 29.4 Å². The van der Waals surface area contributed by atoms with Crippen LogP contribution >= 0.6 is 34.4 Å². The lowest BCUT2D eigenvalue weighted by molar-refractivity contribution is -0.113. The molecule has 1 heterocycles. The molecule has 21 heavy (non-hydrogen) atoms. The number of halogens is 1. The fourth-order valence-corrected chi connectivity index (χ4v) is 3.07. The molecule has 7 heteroatoms. The molecule has 0 atom stereocenters. The van der Waals surface area contributed by atoms with Crippen LogP contribution in [-0.2, 0) is 4.79 Å². The average Bonchev–Trinajstić information content (AvgIpc) is 2.39. The molecule has 0 spiro atoms. The zero-order valence-corrected chi connectivity index (χ0v) is 14.7. The van der Waals surface area contributed by atoms with Gasteiger partial charge in [0, 0.05) is 21.0 Å². The van der Waals surface area contributed by atoms with E-state index in [9.17, 15) is 4.79 Å². The zero-order chi connectivity index (χ0) is 15.4. The normalized spacial score (nSPS) is 10.4. The molecule has 1 amide bonds. The summed E-state index contributed by atoms with van der Waals surface area (Å²) in [6, 6.07) is 7.58. The van der Waals surface area contributed by atoms with Crippen molar-refractivity contribution in [2.75, 3.05) is 16.8 Å². The van der Waals surface area contributed by atoms with Crippen LogP contribution in [0.1, 0.15) is 11.3 Å². The van der Waals surface area contributed by atoms with E-state index in [0.717, 1.165) is 20.5 Å². The Labute approximate surface area is 141 Å². The standard InChI is InChI=1S/C14H15IN4OS/c1-8-5-10(15)3-4-11(8)18-13(20)7-21-14-17-9(2)6-12(16)19-14/h3-6H,7H2,1-2H3,(H,18,20)(H2,16,17,19). The molecule has 2 rings (SSSR count). The predicted octanol–water partition coefficient (Wildman–Crippen LogP) is 3.01. The molecule has 1 aromatic heterocycles. The van der Waals surface area contributed by atoms with Crippen LogP contribution in [0, 0.1) is 17.4 Å². The minimum Gasteiger partial charge on any atom is -0.384 e. The molecule has 0 aliphatic carbocycles. The maximum absolute atomic E-state index is 12.0. The van der Waals surface area contributed by atoms with Crippen LogP contribution in [0.4, 0.5) is 11.5 Å². The number of amides is 1. The molecule has 1 aromatic carbocycles.